The molecule has 4 N–H and O–H groups in total. The maximum absolute atomic E-state index is 14.6. The molecule has 1 spiro atoms. The van der Waals surface area contributed by atoms with Crippen molar-refractivity contribution in [1.82, 2.24) is 9.55 Å². The number of piperidine rings is 1. The quantitative estimate of drug-likeness (QED) is 0.721. The molecular formula is C21H26Cl2FN5O. The summed E-state index contributed by atoms with van der Waals surface area (Å²) in [5.74, 6) is 0.593. The van der Waals surface area contributed by atoms with Crippen molar-refractivity contribution in [2.75, 3.05) is 23.7 Å². The topological polar surface area (TPSA) is 90.2 Å². The van der Waals surface area contributed by atoms with E-state index in [1.54, 1.807) is 32.2 Å². The standard InChI is InChI=1S/C21H26Cl2FN5O/c1-20(24)10-14(25)21(11-20)6-8-29(9-7-21)19-27-17(26)15(18(30)28(19)2)12-4-3-5-13(22)16(12)23/h3-5,14H,6-11,25-26H2,1-2H3/t14-,20?/m1/s1. The van der Waals surface area contributed by atoms with Gasteiger partial charge in [-0.25, -0.2) is 4.39 Å². The molecule has 1 aromatic heterocycles. The number of anilines is 2. The van der Waals surface area contributed by atoms with Crippen molar-refractivity contribution in [2.45, 2.75) is 44.3 Å². The summed E-state index contributed by atoms with van der Waals surface area (Å²) < 4.78 is 16.0. The molecule has 1 saturated carbocycles. The molecule has 0 radical (unpaired) electrons. The summed E-state index contributed by atoms with van der Waals surface area (Å²) in [7, 11) is 1.66. The van der Waals surface area contributed by atoms with Crippen LogP contribution in [0.2, 0.25) is 10.0 Å². The van der Waals surface area contributed by atoms with E-state index in [2.05, 4.69) is 4.98 Å². The van der Waals surface area contributed by atoms with E-state index in [-0.39, 0.29) is 33.4 Å². The Hall–Kier alpha value is -1.83. The van der Waals surface area contributed by atoms with Gasteiger partial charge in [0.1, 0.15) is 11.5 Å². The lowest BCUT2D eigenvalue weighted by atomic mass is 9.74. The minimum Gasteiger partial charge on any atom is -0.383 e. The van der Waals surface area contributed by atoms with Crippen LogP contribution in [0, 0.1) is 5.41 Å². The highest BCUT2D eigenvalue weighted by atomic mass is 35.5. The van der Waals surface area contributed by atoms with Gasteiger partial charge in [0.25, 0.3) is 5.56 Å². The molecule has 4 rings (SSSR count). The van der Waals surface area contributed by atoms with Crippen LogP contribution in [0.15, 0.2) is 23.0 Å². The Balaban J connectivity index is 1.65. The number of aromatic nitrogens is 2. The van der Waals surface area contributed by atoms with Crippen LogP contribution in [0.4, 0.5) is 16.2 Å². The average molecular weight is 454 g/mol. The van der Waals surface area contributed by atoms with Gasteiger partial charge in [-0.2, -0.15) is 4.98 Å². The Bertz CT molecular complexity index is 1050. The van der Waals surface area contributed by atoms with Crippen molar-refractivity contribution < 1.29 is 4.39 Å². The molecular weight excluding hydrogens is 428 g/mol. The van der Waals surface area contributed by atoms with Gasteiger partial charge in [0, 0.05) is 31.7 Å². The van der Waals surface area contributed by atoms with Crippen LogP contribution >= 0.6 is 23.2 Å². The number of nitrogens with zero attached hydrogens (tertiary/aromatic N) is 3. The SMILES string of the molecule is Cn1c(N2CCC3(CC2)CC(C)(F)C[C@H]3N)nc(N)c(-c2cccc(Cl)c2Cl)c1=O. The van der Waals surface area contributed by atoms with E-state index < -0.39 is 5.67 Å². The van der Waals surface area contributed by atoms with Crippen molar-refractivity contribution >= 4 is 35.0 Å². The summed E-state index contributed by atoms with van der Waals surface area (Å²) in [5, 5.41) is 0.607. The number of nitrogens with two attached hydrogens (primary N) is 2. The van der Waals surface area contributed by atoms with Gasteiger partial charge in [-0.05, 0) is 44.1 Å². The van der Waals surface area contributed by atoms with Crippen LogP contribution in [0.3, 0.4) is 0 Å². The molecule has 1 saturated heterocycles. The van der Waals surface area contributed by atoms with Gasteiger partial charge in [-0.15, -0.1) is 0 Å². The largest absolute Gasteiger partial charge is 0.383 e. The number of hydrogen-bond donors (Lipinski definition) is 2. The number of rotatable bonds is 2. The first-order chi connectivity index (χ1) is 14.0. The van der Waals surface area contributed by atoms with Gasteiger partial charge >= 0.3 is 0 Å². The number of halogens is 3. The summed E-state index contributed by atoms with van der Waals surface area (Å²) in [6.07, 6.45) is 2.39. The Kier molecular flexibility index (Phi) is 5.27. The Morgan fingerprint density at radius 2 is 1.93 bits per heavy atom. The average Bonchev–Trinajstić information content (AvgIpc) is 2.90. The van der Waals surface area contributed by atoms with E-state index >= 15 is 0 Å². The van der Waals surface area contributed by atoms with Crippen LogP contribution in [-0.4, -0.2) is 34.4 Å². The lowest BCUT2D eigenvalue weighted by molar-refractivity contribution is 0.142. The predicted octanol–water partition coefficient (Wildman–Crippen LogP) is 3.77. The molecule has 30 heavy (non-hydrogen) atoms. The zero-order valence-electron chi connectivity index (χ0n) is 17.1. The molecule has 6 nitrogen and oxygen atoms in total. The molecule has 2 aromatic rings. The minimum atomic E-state index is -1.21. The zero-order valence-corrected chi connectivity index (χ0v) is 18.6. The maximum Gasteiger partial charge on any atom is 0.264 e. The van der Waals surface area contributed by atoms with E-state index in [1.165, 1.54) is 4.57 Å². The first-order valence-corrected chi connectivity index (χ1v) is 10.8. The van der Waals surface area contributed by atoms with Gasteiger partial charge in [-0.3, -0.25) is 9.36 Å². The van der Waals surface area contributed by atoms with Crippen LogP contribution < -0.4 is 21.9 Å². The van der Waals surface area contributed by atoms with Crippen LogP contribution in [0.5, 0.6) is 0 Å². The normalized spacial score (nSPS) is 25.8. The van der Waals surface area contributed by atoms with E-state index in [1.807, 2.05) is 4.90 Å². The van der Waals surface area contributed by atoms with Crippen molar-refractivity contribution in [3.8, 4) is 11.1 Å². The fourth-order valence-electron chi connectivity index (χ4n) is 5.15. The second-order valence-electron chi connectivity index (χ2n) is 8.89. The van der Waals surface area contributed by atoms with Gasteiger partial charge in [0.2, 0.25) is 5.95 Å². The molecule has 1 unspecified atom stereocenters. The van der Waals surface area contributed by atoms with Gasteiger partial charge < -0.3 is 16.4 Å². The first-order valence-electron chi connectivity index (χ1n) is 10.0. The Morgan fingerprint density at radius 3 is 2.53 bits per heavy atom. The molecule has 9 heteroatoms. The third-order valence-electron chi connectivity index (χ3n) is 6.71. The molecule has 2 heterocycles. The smallest absolute Gasteiger partial charge is 0.264 e. The summed E-state index contributed by atoms with van der Waals surface area (Å²) >= 11 is 12.4. The molecule has 2 fully saturated rings. The lowest BCUT2D eigenvalue weighted by Crippen LogP contribution is -2.48. The number of benzene rings is 1. The summed E-state index contributed by atoms with van der Waals surface area (Å²) in [5.41, 5.74) is 11.5. The molecule has 0 amide bonds. The number of hydrogen-bond acceptors (Lipinski definition) is 5. The predicted molar refractivity (Wildman–Crippen MR) is 120 cm³/mol. The molecule has 1 aliphatic carbocycles. The molecule has 0 bridgehead atoms. The van der Waals surface area contributed by atoms with Crippen LogP contribution in [0.25, 0.3) is 11.1 Å². The maximum atomic E-state index is 14.6. The molecule has 1 aromatic carbocycles. The second kappa shape index (κ2) is 7.39. The van der Waals surface area contributed by atoms with E-state index in [4.69, 9.17) is 34.7 Å². The molecule has 2 aliphatic rings. The number of nitrogen functional groups attached to an aromatic ring is 1. The third kappa shape index (κ3) is 3.47. The van der Waals surface area contributed by atoms with Gasteiger partial charge in [0.15, 0.2) is 0 Å². The van der Waals surface area contributed by atoms with Gasteiger partial charge in [0.05, 0.1) is 15.6 Å². The highest BCUT2D eigenvalue weighted by Crippen LogP contribution is 2.51. The van der Waals surface area contributed by atoms with Crippen molar-refractivity contribution in [3.63, 3.8) is 0 Å². The zero-order chi connectivity index (χ0) is 21.8. The van der Waals surface area contributed by atoms with E-state index in [9.17, 15) is 9.18 Å². The van der Waals surface area contributed by atoms with E-state index in [0.717, 1.165) is 12.8 Å². The molecule has 162 valence electrons. The van der Waals surface area contributed by atoms with Crippen LogP contribution in [0.1, 0.15) is 32.6 Å². The molecule has 2 atom stereocenters. The third-order valence-corrected chi connectivity index (χ3v) is 7.53. The van der Waals surface area contributed by atoms with Gasteiger partial charge in [-0.1, -0.05) is 35.3 Å². The fraction of sp³-hybridized carbons (Fsp3) is 0.524. The monoisotopic (exact) mass is 453 g/mol. The summed E-state index contributed by atoms with van der Waals surface area (Å²) in [6, 6.07) is 4.91. The van der Waals surface area contributed by atoms with E-state index in [0.29, 0.717) is 42.5 Å². The number of alkyl halides is 1. The fourth-order valence-corrected chi connectivity index (χ4v) is 5.55. The van der Waals surface area contributed by atoms with Crippen molar-refractivity contribution in [1.29, 1.82) is 0 Å². The second-order valence-corrected chi connectivity index (χ2v) is 9.67. The lowest BCUT2D eigenvalue weighted by Gasteiger charge is -2.42. The Labute approximate surface area is 185 Å². The first kappa shape index (κ1) is 21.4. The summed E-state index contributed by atoms with van der Waals surface area (Å²) in [6.45, 7) is 2.92. The van der Waals surface area contributed by atoms with Crippen LogP contribution in [-0.2, 0) is 7.05 Å². The van der Waals surface area contributed by atoms with Crippen molar-refractivity contribution in [2.24, 2.45) is 18.2 Å². The van der Waals surface area contributed by atoms with Crippen molar-refractivity contribution in [3.05, 3.63) is 38.6 Å². The molecule has 1 aliphatic heterocycles. The summed E-state index contributed by atoms with van der Waals surface area (Å²) in [4.78, 5) is 19.7. The Morgan fingerprint density at radius 1 is 1.27 bits per heavy atom. The highest BCUT2D eigenvalue weighted by molar-refractivity contribution is 6.43. The minimum absolute atomic E-state index is 0.103. The highest BCUT2D eigenvalue weighted by Gasteiger charge is 2.52.